The first-order valence-corrected chi connectivity index (χ1v) is 7.13. The summed E-state index contributed by atoms with van der Waals surface area (Å²) < 4.78 is 32.1. The van der Waals surface area contributed by atoms with Crippen molar-refractivity contribution in [3.8, 4) is 0 Å². The first-order chi connectivity index (χ1) is 11.4. The lowest BCUT2D eigenvalue weighted by Gasteiger charge is -2.22. The zero-order chi connectivity index (χ0) is 17.7. The third-order valence-electron chi connectivity index (χ3n) is 3.05. The molecule has 0 unspecified atom stereocenters. The van der Waals surface area contributed by atoms with Crippen molar-refractivity contribution in [1.82, 2.24) is 5.32 Å². The molecule has 0 saturated heterocycles. The van der Waals surface area contributed by atoms with Crippen LogP contribution in [0.4, 0.5) is 19.3 Å². The van der Waals surface area contributed by atoms with Gasteiger partial charge in [0.2, 0.25) is 0 Å². The third kappa shape index (κ3) is 4.06. The average Bonchev–Trinajstić information content (AvgIpc) is 2.53. The maximum Gasteiger partial charge on any atom is 0.330 e. The van der Waals surface area contributed by atoms with Crippen LogP contribution in [-0.2, 0) is 4.74 Å². The van der Waals surface area contributed by atoms with Gasteiger partial charge in [0.05, 0.1) is 0 Å². The number of rotatable bonds is 4. The number of methoxy groups -OCH3 is 1. The maximum atomic E-state index is 13.6. The van der Waals surface area contributed by atoms with Crippen molar-refractivity contribution in [3.63, 3.8) is 0 Å². The largest absolute Gasteiger partial charge is 0.364 e. The van der Waals surface area contributed by atoms with Crippen LogP contribution in [0.15, 0.2) is 42.5 Å². The Labute approximate surface area is 141 Å². The lowest BCUT2D eigenvalue weighted by atomic mass is 10.2. The number of hydrogen-bond donors (Lipinski definition) is 1. The molecule has 0 spiro atoms. The summed E-state index contributed by atoms with van der Waals surface area (Å²) >= 11 is 5.78. The Morgan fingerprint density at radius 1 is 1.12 bits per heavy atom. The molecule has 126 valence electrons. The van der Waals surface area contributed by atoms with E-state index in [1.165, 1.54) is 19.2 Å². The van der Waals surface area contributed by atoms with E-state index in [1.807, 2.05) is 5.32 Å². The molecule has 2 rings (SSSR count). The Morgan fingerprint density at radius 2 is 1.71 bits per heavy atom. The van der Waals surface area contributed by atoms with Crippen molar-refractivity contribution in [2.45, 2.75) is 0 Å². The Balaban J connectivity index is 2.21. The predicted molar refractivity (Wildman–Crippen MR) is 85.0 cm³/mol. The van der Waals surface area contributed by atoms with Gasteiger partial charge in [-0.1, -0.05) is 17.7 Å². The number of halogens is 3. The van der Waals surface area contributed by atoms with E-state index in [9.17, 15) is 18.4 Å². The first-order valence-electron chi connectivity index (χ1n) is 6.75. The van der Waals surface area contributed by atoms with Gasteiger partial charge < -0.3 is 4.74 Å². The Hall–Kier alpha value is -2.51. The number of carbonyl (C=O) groups is 2. The van der Waals surface area contributed by atoms with Crippen molar-refractivity contribution in [2.75, 3.05) is 18.7 Å². The zero-order valence-corrected chi connectivity index (χ0v) is 13.3. The molecule has 0 bridgehead atoms. The summed E-state index contributed by atoms with van der Waals surface area (Å²) in [7, 11) is 1.36. The van der Waals surface area contributed by atoms with Gasteiger partial charge in [0, 0.05) is 17.8 Å². The topological polar surface area (TPSA) is 58.6 Å². The number of nitrogens with zero attached hydrogens (tertiary/aromatic N) is 1. The molecule has 24 heavy (non-hydrogen) atoms. The van der Waals surface area contributed by atoms with Crippen LogP contribution < -0.4 is 10.2 Å². The van der Waals surface area contributed by atoms with Gasteiger partial charge in [0.15, 0.2) is 0 Å². The van der Waals surface area contributed by atoms with Gasteiger partial charge in [0.1, 0.15) is 23.9 Å². The van der Waals surface area contributed by atoms with Crippen molar-refractivity contribution < 1.29 is 23.1 Å². The number of anilines is 1. The molecule has 0 saturated carbocycles. The van der Waals surface area contributed by atoms with Crippen LogP contribution in [0, 0.1) is 11.6 Å². The number of urea groups is 1. The standard InChI is InChI=1S/C16H13ClF2N2O3/c1-24-9-21(11-7-5-10(17)6-8-11)16(23)20-15(22)14-12(18)3-2-4-13(14)19/h2-8H,9H2,1H3,(H,20,22,23). The monoisotopic (exact) mass is 354 g/mol. The first kappa shape index (κ1) is 17.8. The van der Waals surface area contributed by atoms with E-state index in [0.29, 0.717) is 10.7 Å². The molecular weight excluding hydrogens is 342 g/mol. The second kappa shape index (κ2) is 7.85. The lowest BCUT2D eigenvalue weighted by molar-refractivity contribution is 0.0955. The molecule has 1 N–H and O–H groups in total. The summed E-state index contributed by atoms with van der Waals surface area (Å²) in [6.07, 6.45) is 0. The Bertz CT molecular complexity index is 733. The van der Waals surface area contributed by atoms with Crippen LogP contribution in [0.1, 0.15) is 10.4 Å². The minimum Gasteiger partial charge on any atom is -0.364 e. The van der Waals surface area contributed by atoms with E-state index in [1.54, 1.807) is 12.1 Å². The van der Waals surface area contributed by atoms with Gasteiger partial charge in [-0.3, -0.25) is 15.0 Å². The van der Waals surface area contributed by atoms with Crippen LogP contribution in [-0.4, -0.2) is 25.8 Å². The molecule has 2 aromatic carbocycles. The smallest absolute Gasteiger partial charge is 0.330 e. The normalized spacial score (nSPS) is 10.3. The number of benzene rings is 2. The third-order valence-corrected chi connectivity index (χ3v) is 3.30. The number of ether oxygens (including phenoxy) is 1. The SMILES string of the molecule is COCN(C(=O)NC(=O)c1c(F)cccc1F)c1ccc(Cl)cc1. The highest BCUT2D eigenvalue weighted by Crippen LogP contribution is 2.18. The molecule has 0 atom stereocenters. The molecule has 0 aliphatic carbocycles. The molecule has 0 heterocycles. The molecule has 0 radical (unpaired) electrons. The Morgan fingerprint density at radius 3 is 2.25 bits per heavy atom. The summed E-state index contributed by atoms with van der Waals surface area (Å²) in [4.78, 5) is 25.3. The summed E-state index contributed by atoms with van der Waals surface area (Å²) in [5.74, 6) is -3.32. The molecular formula is C16H13ClF2N2O3. The number of hydrogen-bond acceptors (Lipinski definition) is 3. The number of amides is 3. The number of imide groups is 1. The minimum absolute atomic E-state index is 0.180. The van der Waals surface area contributed by atoms with Gasteiger partial charge in [-0.2, -0.15) is 0 Å². The molecule has 0 aliphatic rings. The van der Waals surface area contributed by atoms with E-state index in [-0.39, 0.29) is 6.73 Å². The van der Waals surface area contributed by atoms with Crippen molar-refractivity contribution in [1.29, 1.82) is 0 Å². The van der Waals surface area contributed by atoms with Crippen molar-refractivity contribution in [3.05, 3.63) is 64.7 Å². The van der Waals surface area contributed by atoms with Gasteiger partial charge >= 0.3 is 6.03 Å². The van der Waals surface area contributed by atoms with E-state index >= 15 is 0 Å². The Kier molecular flexibility index (Phi) is 5.83. The van der Waals surface area contributed by atoms with Crippen LogP contribution in [0.2, 0.25) is 5.02 Å². The van der Waals surface area contributed by atoms with Crippen LogP contribution in [0.3, 0.4) is 0 Å². The predicted octanol–water partition coefficient (Wildman–Crippen LogP) is 3.58. The van der Waals surface area contributed by atoms with E-state index in [4.69, 9.17) is 16.3 Å². The van der Waals surface area contributed by atoms with Crippen molar-refractivity contribution >= 4 is 29.2 Å². The maximum absolute atomic E-state index is 13.6. The summed E-state index contributed by atoms with van der Waals surface area (Å²) in [6.45, 7) is -0.180. The molecule has 5 nitrogen and oxygen atoms in total. The fraction of sp³-hybridized carbons (Fsp3) is 0.125. The molecule has 3 amide bonds. The van der Waals surface area contributed by atoms with Gasteiger partial charge in [0.25, 0.3) is 5.91 Å². The van der Waals surface area contributed by atoms with Crippen molar-refractivity contribution in [2.24, 2.45) is 0 Å². The fourth-order valence-corrected chi connectivity index (χ4v) is 2.07. The highest BCUT2D eigenvalue weighted by atomic mass is 35.5. The van der Waals surface area contributed by atoms with Gasteiger partial charge in [-0.05, 0) is 36.4 Å². The molecule has 8 heteroatoms. The summed E-state index contributed by atoms with van der Waals surface area (Å²) in [6, 6.07) is 8.24. The average molecular weight is 355 g/mol. The van der Waals surface area contributed by atoms with E-state index in [0.717, 1.165) is 23.1 Å². The number of carbonyl (C=O) groups excluding carboxylic acids is 2. The fourth-order valence-electron chi connectivity index (χ4n) is 1.94. The number of nitrogens with one attached hydrogen (secondary N) is 1. The molecule has 0 aromatic heterocycles. The minimum atomic E-state index is -1.19. The van der Waals surface area contributed by atoms with E-state index < -0.39 is 29.1 Å². The molecule has 2 aromatic rings. The quantitative estimate of drug-likeness (QED) is 0.854. The lowest BCUT2D eigenvalue weighted by Crippen LogP contribution is -2.44. The van der Waals surface area contributed by atoms with E-state index in [2.05, 4.69) is 0 Å². The summed E-state index contributed by atoms with van der Waals surface area (Å²) in [5, 5.41) is 2.39. The second-order valence-corrected chi connectivity index (χ2v) is 5.11. The van der Waals surface area contributed by atoms with Crippen LogP contribution in [0.5, 0.6) is 0 Å². The van der Waals surface area contributed by atoms with Crippen LogP contribution >= 0.6 is 11.6 Å². The van der Waals surface area contributed by atoms with Gasteiger partial charge in [-0.15, -0.1) is 0 Å². The zero-order valence-electron chi connectivity index (χ0n) is 12.6. The van der Waals surface area contributed by atoms with Gasteiger partial charge in [-0.25, -0.2) is 13.6 Å². The summed E-state index contributed by atoms with van der Waals surface area (Å²) in [5.41, 5.74) is -0.445. The highest BCUT2D eigenvalue weighted by Gasteiger charge is 2.23. The highest BCUT2D eigenvalue weighted by molar-refractivity contribution is 6.30. The molecule has 0 fully saturated rings. The molecule has 0 aliphatic heterocycles. The second-order valence-electron chi connectivity index (χ2n) is 4.68. The van der Waals surface area contributed by atoms with Crippen LogP contribution in [0.25, 0.3) is 0 Å².